The molecule has 2 aromatic rings. The zero-order chi connectivity index (χ0) is 20.3. The van der Waals surface area contributed by atoms with E-state index in [0.717, 1.165) is 16.9 Å². The molecule has 1 N–H and O–H groups in total. The van der Waals surface area contributed by atoms with Gasteiger partial charge in [0, 0.05) is 24.7 Å². The maximum absolute atomic E-state index is 13.0. The van der Waals surface area contributed by atoms with Gasteiger partial charge in [0.1, 0.15) is 5.75 Å². The highest BCUT2D eigenvalue weighted by Crippen LogP contribution is 2.27. The molecule has 0 bridgehead atoms. The number of hydrogen-bond donors (Lipinski definition) is 1. The van der Waals surface area contributed by atoms with Crippen molar-refractivity contribution in [3.63, 3.8) is 0 Å². The number of nitrogens with zero attached hydrogens (tertiary/aromatic N) is 1. The normalized spacial score (nSPS) is 16.0. The SMILES string of the molecule is COc1ccc(NC(=O)C2CCN(S(=O)(=O)c3cc(C)ccc3C)CC2)cc1. The van der Waals surface area contributed by atoms with Crippen LogP contribution in [0.1, 0.15) is 24.0 Å². The highest BCUT2D eigenvalue weighted by Gasteiger charge is 2.32. The van der Waals surface area contributed by atoms with E-state index in [2.05, 4.69) is 5.32 Å². The van der Waals surface area contributed by atoms with Gasteiger partial charge in [-0.25, -0.2) is 8.42 Å². The smallest absolute Gasteiger partial charge is 0.243 e. The molecule has 150 valence electrons. The fourth-order valence-electron chi connectivity index (χ4n) is 3.40. The van der Waals surface area contributed by atoms with Crippen LogP contribution in [0.5, 0.6) is 5.75 Å². The summed E-state index contributed by atoms with van der Waals surface area (Å²) in [6.07, 6.45) is 1.01. The minimum absolute atomic E-state index is 0.0750. The van der Waals surface area contributed by atoms with Crippen LogP contribution in [0, 0.1) is 19.8 Å². The van der Waals surface area contributed by atoms with Crippen LogP contribution in [0.2, 0.25) is 0 Å². The third-order valence-corrected chi connectivity index (χ3v) is 7.18. The quantitative estimate of drug-likeness (QED) is 0.832. The Bertz CT molecular complexity index is 947. The lowest BCUT2D eigenvalue weighted by atomic mass is 9.97. The highest BCUT2D eigenvalue weighted by atomic mass is 32.2. The molecule has 0 unspecified atom stereocenters. The number of carbonyl (C=O) groups is 1. The van der Waals surface area contributed by atoms with Gasteiger partial charge < -0.3 is 10.1 Å². The van der Waals surface area contributed by atoms with Crippen molar-refractivity contribution in [2.75, 3.05) is 25.5 Å². The summed E-state index contributed by atoms with van der Waals surface area (Å²) in [5.74, 6) is 0.448. The number of aryl methyl sites for hydroxylation is 2. The summed E-state index contributed by atoms with van der Waals surface area (Å²) in [6, 6.07) is 12.6. The van der Waals surface area contributed by atoms with Crippen molar-refractivity contribution in [2.24, 2.45) is 5.92 Å². The average molecular weight is 403 g/mol. The molecule has 0 radical (unpaired) electrons. The van der Waals surface area contributed by atoms with Gasteiger partial charge in [0.15, 0.2) is 0 Å². The molecule has 1 fully saturated rings. The monoisotopic (exact) mass is 402 g/mol. The second kappa shape index (κ2) is 8.32. The van der Waals surface area contributed by atoms with Crippen molar-refractivity contribution in [3.8, 4) is 5.75 Å². The molecule has 0 aliphatic carbocycles. The number of carbonyl (C=O) groups excluding carboxylic acids is 1. The van der Waals surface area contributed by atoms with Gasteiger partial charge in [0.25, 0.3) is 0 Å². The number of piperidine rings is 1. The van der Waals surface area contributed by atoms with E-state index in [1.54, 1.807) is 44.4 Å². The van der Waals surface area contributed by atoms with Crippen LogP contribution in [0.3, 0.4) is 0 Å². The molecule has 1 amide bonds. The molecule has 0 saturated carbocycles. The Kier molecular flexibility index (Phi) is 6.05. The third-order valence-electron chi connectivity index (χ3n) is 5.14. The van der Waals surface area contributed by atoms with Crippen LogP contribution in [-0.4, -0.2) is 38.8 Å². The van der Waals surface area contributed by atoms with Gasteiger partial charge in [-0.15, -0.1) is 0 Å². The van der Waals surface area contributed by atoms with Crippen molar-refractivity contribution < 1.29 is 17.9 Å². The number of sulfonamides is 1. The summed E-state index contributed by atoms with van der Waals surface area (Å²) in [6.45, 7) is 4.38. The Morgan fingerprint density at radius 3 is 2.32 bits per heavy atom. The molecule has 0 aromatic heterocycles. The second-order valence-corrected chi connectivity index (χ2v) is 9.07. The number of ether oxygens (including phenoxy) is 1. The van der Waals surface area contributed by atoms with E-state index in [-0.39, 0.29) is 11.8 Å². The van der Waals surface area contributed by atoms with Gasteiger partial charge in [0.05, 0.1) is 12.0 Å². The summed E-state index contributed by atoms with van der Waals surface area (Å²) < 4.78 is 32.6. The lowest BCUT2D eigenvalue weighted by molar-refractivity contribution is -0.120. The molecule has 0 spiro atoms. The van der Waals surface area contributed by atoms with Crippen molar-refractivity contribution >= 4 is 21.6 Å². The van der Waals surface area contributed by atoms with Gasteiger partial charge in [-0.2, -0.15) is 4.31 Å². The van der Waals surface area contributed by atoms with Gasteiger partial charge in [-0.3, -0.25) is 4.79 Å². The van der Waals surface area contributed by atoms with Gasteiger partial charge in [-0.05, 0) is 68.1 Å². The fourth-order valence-corrected chi connectivity index (χ4v) is 5.18. The Balaban J connectivity index is 1.63. The molecule has 1 heterocycles. The second-order valence-electron chi connectivity index (χ2n) is 7.17. The summed E-state index contributed by atoms with van der Waals surface area (Å²) in [4.78, 5) is 12.9. The summed E-state index contributed by atoms with van der Waals surface area (Å²) in [5, 5.41) is 2.90. The van der Waals surface area contributed by atoms with Crippen molar-refractivity contribution in [1.82, 2.24) is 4.31 Å². The Morgan fingerprint density at radius 2 is 1.71 bits per heavy atom. The van der Waals surface area contributed by atoms with E-state index < -0.39 is 10.0 Å². The number of hydrogen-bond acceptors (Lipinski definition) is 4. The maximum atomic E-state index is 13.0. The molecule has 7 heteroatoms. The summed E-state index contributed by atoms with van der Waals surface area (Å²) in [7, 11) is -1.95. The predicted octanol–water partition coefficient (Wildman–Crippen LogP) is 3.35. The van der Waals surface area contributed by atoms with Crippen molar-refractivity contribution in [2.45, 2.75) is 31.6 Å². The van der Waals surface area contributed by atoms with Crippen LogP contribution in [0.15, 0.2) is 47.4 Å². The summed E-state index contributed by atoms with van der Waals surface area (Å²) >= 11 is 0. The van der Waals surface area contributed by atoms with Crippen LogP contribution in [0.25, 0.3) is 0 Å². The first kappa shape index (κ1) is 20.4. The molecule has 1 aliphatic rings. The van der Waals surface area contributed by atoms with E-state index >= 15 is 0 Å². The largest absolute Gasteiger partial charge is 0.497 e. The number of benzene rings is 2. The number of anilines is 1. The molecule has 1 aliphatic heterocycles. The lowest BCUT2D eigenvalue weighted by Crippen LogP contribution is -2.41. The van der Waals surface area contributed by atoms with Crippen molar-refractivity contribution in [3.05, 3.63) is 53.6 Å². The molecule has 0 atom stereocenters. The Hall–Kier alpha value is -2.38. The lowest BCUT2D eigenvalue weighted by Gasteiger charge is -2.31. The molecule has 28 heavy (non-hydrogen) atoms. The van der Waals surface area contributed by atoms with Crippen LogP contribution < -0.4 is 10.1 Å². The van der Waals surface area contributed by atoms with Crippen LogP contribution >= 0.6 is 0 Å². The van der Waals surface area contributed by atoms with Gasteiger partial charge in [-0.1, -0.05) is 12.1 Å². The topological polar surface area (TPSA) is 75.7 Å². The van der Waals surface area contributed by atoms with Gasteiger partial charge >= 0.3 is 0 Å². The Labute approximate surface area is 166 Å². The third kappa shape index (κ3) is 4.36. The number of amides is 1. The number of rotatable bonds is 5. The molecule has 6 nitrogen and oxygen atoms in total. The van der Waals surface area contributed by atoms with Crippen molar-refractivity contribution in [1.29, 1.82) is 0 Å². The van der Waals surface area contributed by atoms with Crippen LogP contribution in [0.4, 0.5) is 5.69 Å². The molecular formula is C21H26N2O4S. The predicted molar refractivity (Wildman–Crippen MR) is 109 cm³/mol. The first-order chi connectivity index (χ1) is 13.3. The minimum atomic E-state index is -3.54. The zero-order valence-electron chi connectivity index (χ0n) is 16.4. The maximum Gasteiger partial charge on any atom is 0.243 e. The van der Waals surface area contributed by atoms with E-state index in [1.807, 2.05) is 19.1 Å². The average Bonchev–Trinajstić information content (AvgIpc) is 2.70. The Morgan fingerprint density at radius 1 is 1.07 bits per heavy atom. The van der Waals surface area contributed by atoms with E-state index in [4.69, 9.17) is 4.74 Å². The van der Waals surface area contributed by atoms with E-state index in [0.29, 0.717) is 36.5 Å². The van der Waals surface area contributed by atoms with Gasteiger partial charge in [0.2, 0.25) is 15.9 Å². The number of nitrogens with one attached hydrogen (secondary N) is 1. The van der Waals surface area contributed by atoms with E-state index in [9.17, 15) is 13.2 Å². The molecule has 3 rings (SSSR count). The zero-order valence-corrected chi connectivity index (χ0v) is 17.3. The first-order valence-electron chi connectivity index (χ1n) is 9.33. The fraction of sp³-hybridized carbons (Fsp3) is 0.381. The first-order valence-corrected chi connectivity index (χ1v) is 10.8. The molecular weight excluding hydrogens is 376 g/mol. The van der Waals surface area contributed by atoms with E-state index in [1.165, 1.54) is 4.31 Å². The number of methoxy groups -OCH3 is 1. The molecule has 2 aromatic carbocycles. The summed E-state index contributed by atoms with van der Waals surface area (Å²) in [5.41, 5.74) is 2.36. The molecule has 1 saturated heterocycles. The standard InChI is InChI=1S/C21H26N2O4S/c1-15-4-5-16(2)20(14-15)28(25,26)23-12-10-17(11-13-23)21(24)22-18-6-8-19(27-3)9-7-18/h4-9,14,17H,10-13H2,1-3H3,(H,22,24). The minimum Gasteiger partial charge on any atom is -0.497 e. The van der Waals surface area contributed by atoms with Crippen LogP contribution in [-0.2, 0) is 14.8 Å². The highest BCUT2D eigenvalue weighted by molar-refractivity contribution is 7.89.